The number of benzene rings is 1. The average Bonchev–Trinajstić information content (AvgIpc) is 3.19. The molecule has 0 radical (unpaired) electrons. The van der Waals surface area contributed by atoms with Gasteiger partial charge in [0.15, 0.2) is 0 Å². The van der Waals surface area contributed by atoms with Crippen molar-refractivity contribution in [3.63, 3.8) is 0 Å². The molecule has 0 spiro atoms. The number of carbonyl (C=O) groups is 1. The summed E-state index contributed by atoms with van der Waals surface area (Å²) < 4.78 is 32.6. The highest BCUT2D eigenvalue weighted by Gasteiger charge is 2.26. The van der Waals surface area contributed by atoms with Gasteiger partial charge in [0.2, 0.25) is 5.88 Å². The third-order valence-corrected chi connectivity index (χ3v) is 5.96. The standard InChI is InChI=1S/C16H15N3O4S2/c1-10-11(2)18-23-16(10)19-25(21,22)13-8-9-24-14(13)15(20)17-12-6-4-3-5-7-12/h3-9,19H,1-2H3,(H,17,20). The van der Waals surface area contributed by atoms with E-state index in [1.807, 2.05) is 6.07 Å². The van der Waals surface area contributed by atoms with Gasteiger partial charge in [-0.3, -0.25) is 4.79 Å². The Morgan fingerprint density at radius 1 is 1.16 bits per heavy atom. The predicted molar refractivity (Wildman–Crippen MR) is 95.5 cm³/mol. The Hall–Kier alpha value is -2.65. The van der Waals surface area contributed by atoms with Crippen LogP contribution in [0.5, 0.6) is 0 Å². The van der Waals surface area contributed by atoms with Crippen molar-refractivity contribution >= 4 is 38.8 Å². The first kappa shape index (κ1) is 17.2. The van der Waals surface area contributed by atoms with E-state index < -0.39 is 15.9 Å². The van der Waals surface area contributed by atoms with Crippen LogP contribution in [0.4, 0.5) is 11.6 Å². The molecule has 2 aromatic heterocycles. The molecule has 1 aromatic carbocycles. The number of amides is 1. The molecule has 1 amide bonds. The van der Waals surface area contributed by atoms with E-state index in [0.717, 1.165) is 11.3 Å². The third kappa shape index (κ3) is 3.57. The van der Waals surface area contributed by atoms with Crippen molar-refractivity contribution in [3.05, 3.63) is 57.9 Å². The molecule has 2 heterocycles. The molecule has 130 valence electrons. The number of nitrogens with zero attached hydrogens (tertiary/aromatic N) is 1. The van der Waals surface area contributed by atoms with Gasteiger partial charge in [0.1, 0.15) is 9.77 Å². The van der Waals surface area contributed by atoms with Crippen molar-refractivity contribution in [1.29, 1.82) is 0 Å². The molecular formula is C16H15N3O4S2. The van der Waals surface area contributed by atoms with E-state index in [4.69, 9.17) is 4.52 Å². The number of para-hydroxylation sites is 1. The molecule has 0 saturated carbocycles. The Bertz CT molecular complexity index is 1010. The lowest BCUT2D eigenvalue weighted by molar-refractivity contribution is 0.102. The number of aryl methyl sites for hydroxylation is 1. The van der Waals surface area contributed by atoms with Gasteiger partial charge in [-0.05, 0) is 37.4 Å². The molecule has 0 atom stereocenters. The van der Waals surface area contributed by atoms with Crippen molar-refractivity contribution in [1.82, 2.24) is 5.16 Å². The second-order valence-corrected chi connectivity index (χ2v) is 7.83. The summed E-state index contributed by atoms with van der Waals surface area (Å²) in [6, 6.07) is 10.2. The summed E-state index contributed by atoms with van der Waals surface area (Å²) in [6.07, 6.45) is 0. The lowest BCUT2D eigenvalue weighted by Crippen LogP contribution is -2.18. The van der Waals surface area contributed by atoms with Gasteiger partial charge in [-0.1, -0.05) is 23.4 Å². The minimum Gasteiger partial charge on any atom is -0.337 e. The highest BCUT2D eigenvalue weighted by molar-refractivity contribution is 7.93. The molecule has 3 rings (SSSR count). The summed E-state index contributed by atoms with van der Waals surface area (Å²) in [4.78, 5) is 12.4. The van der Waals surface area contributed by atoms with Gasteiger partial charge in [-0.2, -0.15) is 0 Å². The molecule has 9 heteroatoms. The van der Waals surface area contributed by atoms with Crippen molar-refractivity contribution < 1.29 is 17.7 Å². The van der Waals surface area contributed by atoms with Crippen LogP contribution in [0.15, 0.2) is 51.2 Å². The monoisotopic (exact) mass is 377 g/mol. The first-order valence-electron chi connectivity index (χ1n) is 7.28. The molecule has 0 aliphatic heterocycles. The van der Waals surface area contributed by atoms with Crippen LogP contribution in [0.3, 0.4) is 0 Å². The first-order valence-corrected chi connectivity index (χ1v) is 9.64. The molecule has 0 unspecified atom stereocenters. The minimum absolute atomic E-state index is 0.0399. The van der Waals surface area contributed by atoms with Gasteiger partial charge in [0.25, 0.3) is 15.9 Å². The van der Waals surface area contributed by atoms with Crippen LogP contribution >= 0.6 is 11.3 Å². The van der Waals surface area contributed by atoms with E-state index in [-0.39, 0.29) is 15.7 Å². The van der Waals surface area contributed by atoms with E-state index in [1.54, 1.807) is 43.5 Å². The Morgan fingerprint density at radius 2 is 1.88 bits per heavy atom. The fourth-order valence-corrected chi connectivity index (χ4v) is 4.44. The van der Waals surface area contributed by atoms with Crippen LogP contribution < -0.4 is 10.0 Å². The number of aromatic nitrogens is 1. The number of hydrogen-bond donors (Lipinski definition) is 2. The second kappa shape index (κ2) is 6.69. The van der Waals surface area contributed by atoms with Crippen LogP contribution in [0.2, 0.25) is 0 Å². The van der Waals surface area contributed by atoms with Gasteiger partial charge in [-0.25, -0.2) is 13.1 Å². The number of thiophene rings is 1. The van der Waals surface area contributed by atoms with Gasteiger partial charge < -0.3 is 9.84 Å². The van der Waals surface area contributed by atoms with Crippen molar-refractivity contribution in [2.24, 2.45) is 0 Å². The molecule has 0 aliphatic rings. The molecule has 0 fully saturated rings. The Kier molecular flexibility index (Phi) is 4.60. The van der Waals surface area contributed by atoms with E-state index in [9.17, 15) is 13.2 Å². The predicted octanol–water partition coefficient (Wildman–Crippen LogP) is 3.41. The Balaban J connectivity index is 1.87. The lowest BCUT2D eigenvalue weighted by atomic mass is 10.3. The number of rotatable bonds is 5. The highest BCUT2D eigenvalue weighted by atomic mass is 32.2. The summed E-state index contributed by atoms with van der Waals surface area (Å²) in [5, 5.41) is 7.94. The molecule has 7 nitrogen and oxygen atoms in total. The number of hydrogen-bond acceptors (Lipinski definition) is 6. The summed E-state index contributed by atoms with van der Waals surface area (Å²) >= 11 is 1.05. The Morgan fingerprint density at radius 3 is 2.52 bits per heavy atom. The maximum Gasteiger partial charge on any atom is 0.267 e. The molecule has 0 aliphatic carbocycles. The zero-order valence-corrected chi connectivity index (χ0v) is 15.1. The normalized spacial score (nSPS) is 11.3. The Labute approximate surface area is 148 Å². The topological polar surface area (TPSA) is 101 Å². The fraction of sp³-hybridized carbons (Fsp3) is 0.125. The zero-order chi connectivity index (χ0) is 18.0. The molecule has 0 bridgehead atoms. The van der Waals surface area contributed by atoms with Gasteiger partial charge in [0.05, 0.1) is 5.69 Å². The van der Waals surface area contributed by atoms with E-state index in [1.165, 1.54) is 6.07 Å². The SMILES string of the molecule is Cc1noc(NS(=O)(=O)c2ccsc2C(=O)Nc2ccccc2)c1C. The minimum atomic E-state index is -3.98. The number of anilines is 2. The number of carbonyl (C=O) groups excluding carboxylic acids is 1. The summed E-state index contributed by atoms with van der Waals surface area (Å²) in [5.74, 6) is -0.454. The fourth-order valence-electron chi connectivity index (χ4n) is 2.07. The number of sulfonamides is 1. The lowest BCUT2D eigenvalue weighted by Gasteiger charge is -2.08. The van der Waals surface area contributed by atoms with E-state index in [0.29, 0.717) is 16.9 Å². The van der Waals surface area contributed by atoms with Crippen molar-refractivity contribution in [2.45, 2.75) is 18.7 Å². The van der Waals surface area contributed by atoms with Crippen molar-refractivity contribution in [2.75, 3.05) is 10.0 Å². The van der Waals surface area contributed by atoms with Crippen LogP contribution in [-0.4, -0.2) is 19.5 Å². The maximum atomic E-state index is 12.6. The third-order valence-electron chi connectivity index (χ3n) is 3.54. The first-order chi connectivity index (χ1) is 11.9. The quantitative estimate of drug-likeness (QED) is 0.709. The number of nitrogens with one attached hydrogen (secondary N) is 2. The van der Waals surface area contributed by atoms with Crippen LogP contribution in [0.1, 0.15) is 20.9 Å². The van der Waals surface area contributed by atoms with E-state index >= 15 is 0 Å². The smallest absolute Gasteiger partial charge is 0.267 e. The summed E-state index contributed by atoms with van der Waals surface area (Å²) in [7, 11) is -3.98. The van der Waals surface area contributed by atoms with Crippen LogP contribution in [0.25, 0.3) is 0 Å². The van der Waals surface area contributed by atoms with E-state index in [2.05, 4.69) is 15.2 Å². The van der Waals surface area contributed by atoms with Crippen molar-refractivity contribution in [3.8, 4) is 0 Å². The molecule has 3 aromatic rings. The zero-order valence-electron chi connectivity index (χ0n) is 13.4. The highest BCUT2D eigenvalue weighted by Crippen LogP contribution is 2.27. The molecular weight excluding hydrogens is 362 g/mol. The molecule has 0 saturated heterocycles. The largest absolute Gasteiger partial charge is 0.337 e. The van der Waals surface area contributed by atoms with Gasteiger partial charge >= 0.3 is 0 Å². The summed E-state index contributed by atoms with van der Waals surface area (Å²) in [6.45, 7) is 3.40. The summed E-state index contributed by atoms with van der Waals surface area (Å²) in [5.41, 5.74) is 1.76. The molecule has 25 heavy (non-hydrogen) atoms. The maximum absolute atomic E-state index is 12.6. The van der Waals surface area contributed by atoms with Crippen LogP contribution in [-0.2, 0) is 10.0 Å². The van der Waals surface area contributed by atoms with Gasteiger partial charge in [-0.15, -0.1) is 11.3 Å². The van der Waals surface area contributed by atoms with Gasteiger partial charge in [0, 0.05) is 11.3 Å². The average molecular weight is 377 g/mol. The van der Waals surface area contributed by atoms with Crippen LogP contribution in [0, 0.1) is 13.8 Å². The second-order valence-electron chi connectivity index (χ2n) is 5.26. The molecule has 2 N–H and O–H groups in total.